The number of carbonyl (C=O) groups is 1. The largest absolute Gasteiger partial charge is 0.504 e. The average Bonchev–Trinajstić information content (AvgIpc) is 2.85. The molecule has 1 aromatic carbocycles. The van der Waals surface area contributed by atoms with Crippen molar-refractivity contribution in [3.63, 3.8) is 0 Å². The zero-order chi connectivity index (χ0) is 15.0. The Kier molecular flexibility index (Phi) is 3.39. The summed E-state index contributed by atoms with van der Waals surface area (Å²) >= 11 is 0. The monoisotopic (exact) mass is 287 g/mol. The number of rotatable bonds is 3. The lowest BCUT2D eigenvalue weighted by atomic mass is 10.1. The van der Waals surface area contributed by atoms with E-state index in [0.717, 1.165) is 17.7 Å². The number of likely N-dealkylation sites (tertiary alicyclic amines) is 1. The van der Waals surface area contributed by atoms with Gasteiger partial charge >= 0.3 is 0 Å². The lowest BCUT2D eigenvalue weighted by Gasteiger charge is -2.35. The number of aromatic hydroxyl groups is 1. The van der Waals surface area contributed by atoms with E-state index >= 15 is 0 Å². The molecule has 1 aliphatic heterocycles. The highest BCUT2D eigenvalue weighted by Crippen LogP contribution is 2.23. The Morgan fingerprint density at radius 2 is 2.10 bits per heavy atom. The van der Waals surface area contributed by atoms with Gasteiger partial charge in [-0.1, -0.05) is 25.1 Å². The molecule has 1 fully saturated rings. The van der Waals surface area contributed by atoms with Crippen molar-refractivity contribution in [3.8, 4) is 11.4 Å². The second-order valence-electron chi connectivity index (χ2n) is 5.15. The molecule has 1 aromatic heterocycles. The van der Waals surface area contributed by atoms with Gasteiger partial charge in [-0.2, -0.15) is 5.10 Å². The molecule has 2 heterocycles. The smallest absolute Gasteiger partial charge is 0.278 e. The molecule has 1 amide bonds. The van der Waals surface area contributed by atoms with E-state index < -0.39 is 6.10 Å². The number of para-hydroxylation sites is 1. The fourth-order valence-corrected chi connectivity index (χ4v) is 2.44. The summed E-state index contributed by atoms with van der Waals surface area (Å²) in [5, 5.41) is 23.4. The third kappa shape index (κ3) is 2.38. The molecule has 1 aliphatic rings. The number of β-amino-alcohol motifs (C(OH)–C–C–N with tert-alkyl or cyclic N) is 1. The Hall–Kier alpha value is -2.34. The molecule has 2 N–H and O–H groups in total. The van der Waals surface area contributed by atoms with E-state index in [-0.39, 0.29) is 30.4 Å². The molecular weight excluding hydrogens is 270 g/mol. The molecule has 0 atom stereocenters. The van der Waals surface area contributed by atoms with Gasteiger partial charge in [-0.3, -0.25) is 4.79 Å². The van der Waals surface area contributed by atoms with Crippen LogP contribution >= 0.6 is 0 Å². The Labute approximate surface area is 122 Å². The molecule has 2 aromatic rings. The van der Waals surface area contributed by atoms with Gasteiger partial charge in [-0.15, -0.1) is 0 Å². The predicted molar refractivity (Wildman–Crippen MR) is 76.5 cm³/mol. The van der Waals surface area contributed by atoms with Crippen LogP contribution in [0.1, 0.15) is 23.0 Å². The zero-order valence-corrected chi connectivity index (χ0v) is 11.7. The molecule has 110 valence electrons. The number of amides is 1. The highest BCUT2D eigenvalue weighted by atomic mass is 16.3. The SMILES string of the molecule is CCc1ccccc1-n1cc(O)c(C(=O)N2CC(O)C2)n1. The number of hydrogen-bond acceptors (Lipinski definition) is 4. The molecule has 1 saturated heterocycles. The van der Waals surface area contributed by atoms with Gasteiger partial charge in [0.25, 0.3) is 5.91 Å². The number of nitrogens with zero attached hydrogens (tertiary/aromatic N) is 3. The summed E-state index contributed by atoms with van der Waals surface area (Å²) in [5.41, 5.74) is 1.95. The maximum atomic E-state index is 12.2. The zero-order valence-electron chi connectivity index (χ0n) is 11.7. The van der Waals surface area contributed by atoms with Crippen LogP contribution in [0.4, 0.5) is 0 Å². The van der Waals surface area contributed by atoms with Crippen LogP contribution in [-0.2, 0) is 6.42 Å². The van der Waals surface area contributed by atoms with Crippen LogP contribution in [0.3, 0.4) is 0 Å². The van der Waals surface area contributed by atoms with Gasteiger partial charge in [-0.05, 0) is 18.1 Å². The van der Waals surface area contributed by atoms with Gasteiger partial charge in [-0.25, -0.2) is 4.68 Å². The fraction of sp³-hybridized carbons (Fsp3) is 0.333. The lowest BCUT2D eigenvalue weighted by molar-refractivity contribution is 0.00529. The van der Waals surface area contributed by atoms with E-state index in [1.165, 1.54) is 15.8 Å². The fourth-order valence-electron chi connectivity index (χ4n) is 2.44. The van der Waals surface area contributed by atoms with E-state index in [1.54, 1.807) is 0 Å². The van der Waals surface area contributed by atoms with Crippen molar-refractivity contribution in [1.29, 1.82) is 0 Å². The Morgan fingerprint density at radius 3 is 2.76 bits per heavy atom. The average molecular weight is 287 g/mol. The standard InChI is InChI=1S/C15H17N3O3/c1-2-10-5-3-4-6-12(10)18-9-13(20)14(16-18)15(21)17-7-11(19)8-17/h3-6,9,11,19-20H,2,7-8H2,1H3. The van der Waals surface area contributed by atoms with Crippen LogP contribution < -0.4 is 0 Å². The van der Waals surface area contributed by atoms with Gasteiger partial charge in [0.15, 0.2) is 11.4 Å². The van der Waals surface area contributed by atoms with Crippen molar-refractivity contribution < 1.29 is 15.0 Å². The Bertz CT molecular complexity index is 675. The first kappa shape index (κ1) is 13.6. The van der Waals surface area contributed by atoms with Crippen LogP contribution in [0.5, 0.6) is 5.75 Å². The molecular formula is C15H17N3O3. The molecule has 0 bridgehead atoms. The van der Waals surface area contributed by atoms with Gasteiger partial charge in [0.1, 0.15) is 0 Å². The molecule has 0 unspecified atom stereocenters. The number of aliphatic hydroxyl groups excluding tert-OH is 1. The number of benzene rings is 1. The minimum absolute atomic E-state index is 0.0211. The normalized spacial score (nSPS) is 15.0. The first-order chi connectivity index (χ1) is 10.1. The van der Waals surface area contributed by atoms with Crippen LogP contribution in [-0.4, -0.2) is 50.0 Å². The van der Waals surface area contributed by atoms with Crippen LogP contribution in [0.25, 0.3) is 5.69 Å². The van der Waals surface area contributed by atoms with Crippen molar-refractivity contribution in [2.45, 2.75) is 19.4 Å². The van der Waals surface area contributed by atoms with Gasteiger partial charge in [0.2, 0.25) is 0 Å². The quantitative estimate of drug-likeness (QED) is 0.881. The maximum absolute atomic E-state index is 12.2. The van der Waals surface area contributed by atoms with Gasteiger partial charge in [0.05, 0.1) is 18.0 Å². The van der Waals surface area contributed by atoms with Crippen LogP contribution in [0, 0.1) is 0 Å². The Balaban J connectivity index is 1.92. The van der Waals surface area contributed by atoms with Crippen molar-refractivity contribution in [1.82, 2.24) is 14.7 Å². The summed E-state index contributed by atoms with van der Waals surface area (Å²) in [7, 11) is 0. The second kappa shape index (κ2) is 5.21. The third-order valence-electron chi connectivity index (χ3n) is 3.67. The molecule has 0 spiro atoms. The first-order valence-electron chi connectivity index (χ1n) is 6.94. The van der Waals surface area contributed by atoms with E-state index in [0.29, 0.717) is 0 Å². The van der Waals surface area contributed by atoms with Crippen molar-refractivity contribution >= 4 is 5.91 Å². The topological polar surface area (TPSA) is 78.6 Å². The summed E-state index contributed by atoms with van der Waals surface area (Å²) in [4.78, 5) is 13.6. The van der Waals surface area contributed by atoms with E-state index in [9.17, 15) is 15.0 Å². The summed E-state index contributed by atoms with van der Waals surface area (Å²) in [6.07, 6.45) is 1.80. The number of aryl methyl sites for hydroxylation is 1. The molecule has 0 aliphatic carbocycles. The van der Waals surface area contributed by atoms with Crippen LogP contribution in [0.15, 0.2) is 30.5 Å². The van der Waals surface area contributed by atoms with Crippen LogP contribution in [0.2, 0.25) is 0 Å². The molecule has 6 nitrogen and oxygen atoms in total. The van der Waals surface area contributed by atoms with Crippen molar-refractivity contribution in [2.75, 3.05) is 13.1 Å². The minimum atomic E-state index is -0.473. The number of carbonyl (C=O) groups excluding carboxylic acids is 1. The van der Waals surface area contributed by atoms with E-state index in [1.807, 2.05) is 31.2 Å². The van der Waals surface area contributed by atoms with Crippen molar-refractivity contribution in [2.24, 2.45) is 0 Å². The second-order valence-corrected chi connectivity index (χ2v) is 5.15. The number of aliphatic hydroxyl groups is 1. The predicted octanol–water partition coefficient (Wildman–Crippen LogP) is 0.957. The molecule has 6 heteroatoms. The molecule has 0 saturated carbocycles. The van der Waals surface area contributed by atoms with E-state index in [2.05, 4.69) is 5.10 Å². The highest BCUT2D eigenvalue weighted by Gasteiger charge is 2.32. The van der Waals surface area contributed by atoms with E-state index in [4.69, 9.17) is 0 Å². The third-order valence-corrected chi connectivity index (χ3v) is 3.67. The number of hydrogen-bond donors (Lipinski definition) is 2. The molecule has 3 rings (SSSR count). The van der Waals surface area contributed by atoms with Gasteiger partial charge < -0.3 is 15.1 Å². The van der Waals surface area contributed by atoms with Gasteiger partial charge in [0, 0.05) is 13.1 Å². The van der Waals surface area contributed by atoms with Crippen molar-refractivity contribution in [3.05, 3.63) is 41.7 Å². The summed E-state index contributed by atoms with van der Waals surface area (Å²) in [5.74, 6) is -0.502. The molecule has 21 heavy (non-hydrogen) atoms. The highest BCUT2D eigenvalue weighted by molar-refractivity contribution is 5.95. The number of aromatic nitrogens is 2. The summed E-state index contributed by atoms with van der Waals surface area (Å²) < 4.78 is 1.53. The summed E-state index contributed by atoms with van der Waals surface area (Å²) in [6, 6.07) is 7.72. The Morgan fingerprint density at radius 1 is 1.38 bits per heavy atom. The minimum Gasteiger partial charge on any atom is -0.504 e. The summed E-state index contributed by atoms with van der Waals surface area (Å²) in [6.45, 7) is 2.61. The maximum Gasteiger partial charge on any atom is 0.278 e. The first-order valence-corrected chi connectivity index (χ1v) is 6.94. The molecule has 0 radical (unpaired) electrons. The lowest BCUT2D eigenvalue weighted by Crippen LogP contribution is -2.53.